The Balaban J connectivity index is 1.79. The standard InChI is InChI=1S/C33H34ClN3O5S/c1-24-9-7-8-12-26(24)22-36(31(33(39)35-2)21-25-10-5-4-6-11-25)32(38)23-37(28-15-13-27(34)14-16-28)43(40,41)30-19-17-29(42-3)18-20-30/h4-20,31H,21-23H2,1-3H3,(H,35,39). The molecule has 0 bridgehead atoms. The number of nitrogens with one attached hydrogen (secondary N) is 1. The van der Waals surface area contributed by atoms with Crippen LogP contribution in [0.3, 0.4) is 0 Å². The molecule has 2 amide bonds. The average molecular weight is 620 g/mol. The number of nitrogens with zero attached hydrogens (tertiary/aromatic N) is 2. The zero-order valence-electron chi connectivity index (χ0n) is 24.2. The van der Waals surface area contributed by atoms with Gasteiger partial charge in [-0.3, -0.25) is 13.9 Å². The van der Waals surface area contributed by atoms with E-state index in [2.05, 4.69) is 5.32 Å². The summed E-state index contributed by atoms with van der Waals surface area (Å²) in [5.41, 5.74) is 2.90. The highest BCUT2D eigenvalue weighted by molar-refractivity contribution is 7.92. The molecule has 1 unspecified atom stereocenters. The van der Waals surface area contributed by atoms with Gasteiger partial charge in [0.1, 0.15) is 18.3 Å². The van der Waals surface area contributed by atoms with Crippen LogP contribution in [0.25, 0.3) is 0 Å². The van der Waals surface area contributed by atoms with Crippen molar-refractivity contribution in [2.75, 3.05) is 25.0 Å². The van der Waals surface area contributed by atoms with E-state index in [0.29, 0.717) is 10.8 Å². The second kappa shape index (κ2) is 14.2. The first kappa shape index (κ1) is 31.6. The number of carbonyl (C=O) groups is 2. The molecular weight excluding hydrogens is 586 g/mol. The quantitative estimate of drug-likeness (QED) is 0.234. The number of hydrogen-bond donors (Lipinski definition) is 1. The maximum absolute atomic E-state index is 14.3. The molecule has 0 saturated carbocycles. The lowest BCUT2D eigenvalue weighted by Gasteiger charge is -2.34. The summed E-state index contributed by atoms with van der Waals surface area (Å²) in [5.74, 6) is -0.409. The lowest BCUT2D eigenvalue weighted by molar-refractivity contribution is -0.139. The molecule has 0 aliphatic heterocycles. The second-order valence-electron chi connectivity index (χ2n) is 9.93. The average Bonchev–Trinajstić information content (AvgIpc) is 3.02. The number of carbonyl (C=O) groups excluding carboxylic acids is 2. The fraction of sp³-hybridized carbons (Fsp3) is 0.212. The Labute approximate surface area is 257 Å². The van der Waals surface area contributed by atoms with Gasteiger partial charge in [0, 0.05) is 25.0 Å². The molecule has 8 nitrogen and oxygen atoms in total. The predicted octanol–water partition coefficient (Wildman–Crippen LogP) is 5.24. The smallest absolute Gasteiger partial charge is 0.264 e. The minimum absolute atomic E-state index is 0.0198. The van der Waals surface area contributed by atoms with E-state index in [9.17, 15) is 18.0 Å². The Morgan fingerprint density at radius 2 is 1.51 bits per heavy atom. The molecule has 4 aromatic carbocycles. The van der Waals surface area contributed by atoms with E-state index in [1.54, 1.807) is 36.4 Å². The Hall–Kier alpha value is -4.34. The van der Waals surface area contributed by atoms with Crippen LogP contribution in [0.1, 0.15) is 16.7 Å². The topological polar surface area (TPSA) is 96.0 Å². The van der Waals surface area contributed by atoms with Gasteiger partial charge in [0.05, 0.1) is 17.7 Å². The first-order valence-corrected chi connectivity index (χ1v) is 15.5. The van der Waals surface area contributed by atoms with E-state index >= 15 is 0 Å². The number of rotatable bonds is 12. The van der Waals surface area contributed by atoms with Crippen LogP contribution in [0, 0.1) is 6.92 Å². The minimum atomic E-state index is -4.23. The Morgan fingerprint density at radius 1 is 0.884 bits per heavy atom. The normalized spacial score (nSPS) is 11.8. The molecule has 0 heterocycles. The molecule has 0 radical (unpaired) electrons. The largest absolute Gasteiger partial charge is 0.497 e. The minimum Gasteiger partial charge on any atom is -0.497 e. The SMILES string of the molecule is CNC(=O)C(Cc1ccccc1)N(Cc1ccccc1C)C(=O)CN(c1ccc(Cl)cc1)S(=O)(=O)c1ccc(OC)cc1. The number of methoxy groups -OCH3 is 1. The second-order valence-corrected chi connectivity index (χ2v) is 12.2. The van der Waals surface area contributed by atoms with Crippen LogP contribution < -0.4 is 14.4 Å². The Bertz CT molecular complexity index is 1650. The number of hydrogen-bond acceptors (Lipinski definition) is 5. The van der Waals surface area contributed by atoms with Crippen molar-refractivity contribution in [2.24, 2.45) is 0 Å². The van der Waals surface area contributed by atoms with Gasteiger partial charge in [-0.15, -0.1) is 0 Å². The van der Waals surface area contributed by atoms with Crippen LogP contribution >= 0.6 is 11.6 Å². The zero-order valence-corrected chi connectivity index (χ0v) is 25.8. The summed E-state index contributed by atoms with van der Waals surface area (Å²) in [7, 11) is -1.22. The predicted molar refractivity (Wildman–Crippen MR) is 169 cm³/mol. The van der Waals surface area contributed by atoms with Crippen LogP contribution in [0.2, 0.25) is 5.02 Å². The fourth-order valence-corrected chi connectivity index (χ4v) is 6.24. The van der Waals surface area contributed by atoms with Gasteiger partial charge in [-0.05, 0) is 72.1 Å². The lowest BCUT2D eigenvalue weighted by Crippen LogP contribution is -2.53. The molecule has 1 atom stereocenters. The van der Waals surface area contributed by atoms with Crippen molar-refractivity contribution in [2.45, 2.75) is 30.8 Å². The van der Waals surface area contributed by atoms with Crippen molar-refractivity contribution in [1.29, 1.82) is 0 Å². The van der Waals surface area contributed by atoms with Crippen LogP contribution in [-0.4, -0.2) is 51.9 Å². The summed E-state index contributed by atoms with van der Waals surface area (Å²) in [4.78, 5) is 29.1. The van der Waals surface area contributed by atoms with E-state index in [0.717, 1.165) is 21.0 Å². The molecule has 0 saturated heterocycles. The van der Waals surface area contributed by atoms with Gasteiger partial charge in [0.2, 0.25) is 11.8 Å². The van der Waals surface area contributed by atoms with E-state index in [4.69, 9.17) is 16.3 Å². The molecule has 0 spiro atoms. The number of anilines is 1. The maximum Gasteiger partial charge on any atom is 0.264 e. The molecule has 1 N–H and O–H groups in total. The summed E-state index contributed by atoms with van der Waals surface area (Å²) in [5, 5.41) is 3.11. The van der Waals surface area contributed by atoms with E-state index in [-0.39, 0.29) is 29.5 Å². The van der Waals surface area contributed by atoms with Crippen molar-refractivity contribution in [3.05, 3.63) is 125 Å². The number of sulfonamides is 1. The highest BCUT2D eigenvalue weighted by atomic mass is 35.5. The molecule has 0 aliphatic rings. The molecule has 10 heteroatoms. The number of ether oxygens (including phenoxy) is 1. The number of benzene rings is 4. The third-order valence-electron chi connectivity index (χ3n) is 7.16. The van der Waals surface area contributed by atoms with Gasteiger partial charge < -0.3 is 15.0 Å². The van der Waals surface area contributed by atoms with Crippen molar-refractivity contribution in [3.8, 4) is 5.75 Å². The summed E-state index contributed by atoms with van der Waals surface area (Å²) >= 11 is 6.11. The van der Waals surface area contributed by atoms with E-state index in [1.807, 2.05) is 61.5 Å². The third-order valence-corrected chi connectivity index (χ3v) is 9.20. The van der Waals surface area contributed by atoms with Crippen molar-refractivity contribution < 1.29 is 22.7 Å². The van der Waals surface area contributed by atoms with Gasteiger partial charge in [0.15, 0.2) is 0 Å². The van der Waals surface area contributed by atoms with E-state index < -0.39 is 28.5 Å². The van der Waals surface area contributed by atoms with Crippen molar-refractivity contribution in [1.82, 2.24) is 10.2 Å². The van der Waals surface area contributed by atoms with Gasteiger partial charge in [0.25, 0.3) is 10.0 Å². The van der Waals surface area contributed by atoms with Crippen LogP contribution in [-0.2, 0) is 32.6 Å². The summed E-state index contributed by atoms with van der Waals surface area (Å²) in [6.45, 7) is 1.48. The highest BCUT2D eigenvalue weighted by Gasteiger charge is 2.34. The zero-order chi connectivity index (χ0) is 31.0. The first-order valence-electron chi connectivity index (χ1n) is 13.7. The summed E-state index contributed by atoms with van der Waals surface area (Å²) in [6, 6.07) is 28.2. The molecule has 0 fully saturated rings. The molecule has 4 aromatic rings. The maximum atomic E-state index is 14.3. The highest BCUT2D eigenvalue weighted by Crippen LogP contribution is 2.27. The molecule has 224 valence electrons. The molecule has 4 rings (SSSR count). The van der Waals surface area contributed by atoms with Crippen LogP contribution in [0.4, 0.5) is 5.69 Å². The molecule has 0 aromatic heterocycles. The number of aryl methyl sites for hydroxylation is 1. The van der Waals surface area contributed by atoms with Gasteiger partial charge in [-0.2, -0.15) is 0 Å². The fourth-order valence-electron chi connectivity index (χ4n) is 4.70. The molecule has 43 heavy (non-hydrogen) atoms. The summed E-state index contributed by atoms with van der Waals surface area (Å²) in [6.07, 6.45) is 0.240. The van der Waals surface area contributed by atoms with Crippen LogP contribution in [0.5, 0.6) is 5.75 Å². The van der Waals surface area contributed by atoms with Gasteiger partial charge in [-0.1, -0.05) is 66.2 Å². The molecule has 0 aliphatic carbocycles. The number of likely N-dealkylation sites (N-methyl/N-ethyl adjacent to an activating group) is 1. The molecular formula is C33H34ClN3O5S. The number of halogens is 1. The van der Waals surface area contributed by atoms with Gasteiger partial charge >= 0.3 is 0 Å². The third kappa shape index (κ3) is 7.74. The van der Waals surface area contributed by atoms with Crippen LogP contribution in [0.15, 0.2) is 108 Å². The van der Waals surface area contributed by atoms with Crippen molar-refractivity contribution >= 4 is 39.1 Å². The Morgan fingerprint density at radius 3 is 2.12 bits per heavy atom. The monoisotopic (exact) mass is 619 g/mol. The first-order chi connectivity index (χ1) is 20.6. The van der Waals surface area contributed by atoms with E-state index in [1.165, 1.54) is 31.2 Å². The Kier molecular flexibility index (Phi) is 10.4. The number of amides is 2. The lowest BCUT2D eigenvalue weighted by atomic mass is 10.0. The summed E-state index contributed by atoms with van der Waals surface area (Å²) < 4.78 is 34.3. The van der Waals surface area contributed by atoms with Crippen molar-refractivity contribution in [3.63, 3.8) is 0 Å². The van der Waals surface area contributed by atoms with Gasteiger partial charge in [-0.25, -0.2) is 8.42 Å².